The van der Waals surface area contributed by atoms with Gasteiger partial charge in [0, 0.05) is 17.0 Å². The molecule has 0 atom stereocenters. The van der Waals surface area contributed by atoms with Gasteiger partial charge in [0.1, 0.15) is 7.05 Å². The Kier molecular flexibility index (Phi) is 3.26. The number of aromatic nitrogens is 1. The van der Waals surface area contributed by atoms with Crippen molar-refractivity contribution < 1.29 is 4.57 Å². The van der Waals surface area contributed by atoms with Crippen molar-refractivity contribution in [1.82, 2.24) is 0 Å². The van der Waals surface area contributed by atoms with E-state index >= 15 is 0 Å². The quantitative estimate of drug-likeness (QED) is 0.300. The third-order valence-electron chi connectivity index (χ3n) is 6.98. The molecule has 6 rings (SSSR count). The summed E-state index contributed by atoms with van der Waals surface area (Å²) in [6.07, 6.45) is 2.25. The van der Waals surface area contributed by atoms with E-state index < -0.39 is 8.07 Å². The number of rotatable bonds is 1. The highest BCUT2D eigenvalue weighted by Crippen LogP contribution is 2.36. The van der Waals surface area contributed by atoms with Crippen LogP contribution < -0.4 is 26.1 Å². The first-order chi connectivity index (χ1) is 13.9. The molecule has 1 aromatic heterocycles. The van der Waals surface area contributed by atoms with Crippen LogP contribution in [-0.4, -0.2) is 14.8 Å². The van der Waals surface area contributed by atoms with Crippen LogP contribution in [0.15, 0.2) is 60.8 Å². The minimum Gasteiger partial charge on any atom is -0.200 e. The fraction of sp³-hybridized carbons (Fsp3) is 0.192. The second-order valence-electron chi connectivity index (χ2n) is 9.79. The zero-order valence-electron chi connectivity index (χ0n) is 17.8. The fourth-order valence-electron chi connectivity index (χ4n) is 5.55. The maximum atomic E-state index is 2.56. The lowest BCUT2D eigenvalue weighted by atomic mass is 9.36. The molecule has 0 amide bonds. The van der Waals surface area contributed by atoms with Crippen LogP contribution in [0.4, 0.5) is 0 Å². The van der Waals surface area contributed by atoms with Crippen LogP contribution in [0.1, 0.15) is 5.56 Å². The Morgan fingerprint density at radius 3 is 2.45 bits per heavy atom. The van der Waals surface area contributed by atoms with E-state index in [1.54, 1.807) is 5.19 Å². The molecular weight excluding hydrogens is 365 g/mol. The Bertz CT molecular complexity index is 1360. The monoisotopic (exact) mass is 390 g/mol. The van der Waals surface area contributed by atoms with E-state index in [2.05, 4.69) is 99.0 Å². The van der Waals surface area contributed by atoms with Gasteiger partial charge in [-0.2, -0.15) is 0 Å². The number of nitrogens with zero attached hydrogens (tertiary/aromatic N) is 1. The first kappa shape index (κ1) is 17.2. The van der Waals surface area contributed by atoms with E-state index in [4.69, 9.17) is 0 Å². The molecule has 0 fully saturated rings. The molecule has 0 radical (unpaired) electrons. The molecule has 3 heterocycles. The minimum absolute atomic E-state index is 0.352. The van der Waals surface area contributed by atoms with Crippen LogP contribution in [0.2, 0.25) is 19.6 Å². The molecule has 140 valence electrons. The molecule has 0 saturated heterocycles. The van der Waals surface area contributed by atoms with Crippen molar-refractivity contribution in [2.45, 2.75) is 26.6 Å². The molecule has 4 aromatic rings. The van der Waals surface area contributed by atoms with Crippen LogP contribution >= 0.6 is 0 Å². The van der Waals surface area contributed by atoms with Crippen molar-refractivity contribution in [3.05, 3.63) is 66.4 Å². The van der Waals surface area contributed by atoms with Crippen molar-refractivity contribution in [2.24, 2.45) is 7.05 Å². The van der Waals surface area contributed by atoms with Crippen molar-refractivity contribution in [2.75, 3.05) is 0 Å². The molecule has 0 unspecified atom stereocenters. The number of benzene rings is 3. The van der Waals surface area contributed by atoms with Crippen LogP contribution in [0.25, 0.3) is 33.2 Å². The summed E-state index contributed by atoms with van der Waals surface area (Å²) in [6.45, 7) is 10.00. The summed E-state index contributed by atoms with van der Waals surface area (Å²) in [6, 6.07) is 21.0. The second-order valence-corrected chi connectivity index (χ2v) is 14.9. The molecule has 0 spiro atoms. The average molecular weight is 390 g/mol. The highest BCUT2D eigenvalue weighted by Gasteiger charge is 2.43. The molecule has 2 aliphatic rings. The van der Waals surface area contributed by atoms with Gasteiger partial charge in [0.25, 0.3) is 0 Å². The predicted octanol–water partition coefficient (Wildman–Crippen LogP) is 2.99. The van der Waals surface area contributed by atoms with Gasteiger partial charge in [0.2, 0.25) is 12.4 Å². The van der Waals surface area contributed by atoms with E-state index in [9.17, 15) is 0 Å². The third kappa shape index (κ3) is 2.14. The summed E-state index contributed by atoms with van der Waals surface area (Å²) in [5, 5.41) is 4.40. The normalized spacial score (nSPS) is 13.6. The highest BCUT2D eigenvalue weighted by molar-refractivity contribution is 7.02. The smallest absolute Gasteiger partial charge is 0.200 e. The molecule has 0 aliphatic carbocycles. The Balaban J connectivity index is 1.86. The molecule has 0 saturated carbocycles. The van der Waals surface area contributed by atoms with Gasteiger partial charge in [-0.1, -0.05) is 84.3 Å². The summed E-state index contributed by atoms with van der Waals surface area (Å²) < 4.78 is 2.34. The summed E-state index contributed by atoms with van der Waals surface area (Å²) in [5.41, 5.74) is 11.6. The molecule has 29 heavy (non-hydrogen) atoms. The lowest BCUT2D eigenvalue weighted by Crippen LogP contribution is -2.55. The number of hydrogen-bond acceptors (Lipinski definition) is 0. The second kappa shape index (κ2) is 5.49. The SMILES string of the molecule is Cc1ccc2c3c1-c1c4c(cc([Si](C)(C)C)cc4cc[n+]1C)B3c1ccccc1-2. The lowest BCUT2D eigenvalue weighted by Gasteiger charge is -2.27. The van der Waals surface area contributed by atoms with E-state index in [0.717, 1.165) is 0 Å². The summed E-state index contributed by atoms with van der Waals surface area (Å²) >= 11 is 0. The maximum absolute atomic E-state index is 2.56. The lowest BCUT2D eigenvalue weighted by molar-refractivity contribution is -0.659. The zero-order chi connectivity index (χ0) is 20.1. The van der Waals surface area contributed by atoms with E-state index in [-0.39, 0.29) is 0 Å². The highest BCUT2D eigenvalue weighted by atomic mass is 28.3. The molecular formula is C26H25BNSi+. The predicted molar refractivity (Wildman–Crippen MR) is 128 cm³/mol. The van der Waals surface area contributed by atoms with Gasteiger partial charge >= 0.3 is 0 Å². The van der Waals surface area contributed by atoms with Gasteiger partial charge in [-0.15, -0.1) is 0 Å². The van der Waals surface area contributed by atoms with E-state index in [1.165, 1.54) is 55.1 Å². The summed E-state index contributed by atoms with van der Waals surface area (Å²) in [4.78, 5) is 0. The first-order valence-corrected chi connectivity index (χ1v) is 14.1. The zero-order valence-corrected chi connectivity index (χ0v) is 18.8. The van der Waals surface area contributed by atoms with Crippen molar-refractivity contribution in [3.63, 3.8) is 0 Å². The van der Waals surface area contributed by atoms with Crippen LogP contribution in [0.3, 0.4) is 0 Å². The average Bonchev–Trinajstić information content (AvgIpc) is 3.02. The van der Waals surface area contributed by atoms with Crippen LogP contribution in [0, 0.1) is 6.92 Å². The molecule has 3 heteroatoms. The van der Waals surface area contributed by atoms with Crippen LogP contribution in [-0.2, 0) is 7.05 Å². The van der Waals surface area contributed by atoms with E-state index in [1.807, 2.05) is 0 Å². The Hall–Kier alpha value is -2.65. The number of hydrogen-bond donors (Lipinski definition) is 0. The molecule has 2 aliphatic heterocycles. The Labute approximate surface area is 174 Å². The van der Waals surface area contributed by atoms with Gasteiger partial charge in [0.15, 0.2) is 6.20 Å². The first-order valence-electron chi connectivity index (χ1n) is 10.6. The Morgan fingerprint density at radius 1 is 0.862 bits per heavy atom. The van der Waals surface area contributed by atoms with Gasteiger partial charge in [-0.25, -0.2) is 4.57 Å². The molecule has 0 N–H and O–H groups in total. The van der Waals surface area contributed by atoms with Gasteiger partial charge in [-0.3, -0.25) is 0 Å². The van der Waals surface area contributed by atoms with Gasteiger partial charge in [-0.05, 0) is 34.5 Å². The van der Waals surface area contributed by atoms with Crippen molar-refractivity contribution in [3.8, 4) is 22.4 Å². The number of aryl methyl sites for hydroxylation is 2. The van der Waals surface area contributed by atoms with Crippen LogP contribution in [0.5, 0.6) is 0 Å². The Morgan fingerprint density at radius 2 is 1.66 bits per heavy atom. The largest absolute Gasteiger partial charge is 0.245 e. The van der Waals surface area contributed by atoms with Gasteiger partial charge in [0.05, 0.1) is 8.07 Å². The van der Waals surface area contributed by atoms with Crippen molar-refractivity contribution in [1.29, 1.82) is 0 Å². The maximum Gasteiger partial charge on any atom is 0.245 e. The van der Waals surface area contributed by atoms with E-state index in [0.29, 0.717) is 6.71 Å². The molecule has 1 nitrogen and oxygen atoms in total. The molecule has 0 bridgehead atoms. The summed E-state index contributed by atoms with van der Waals surface area (Å²) in [5.74, 6) is 0. The van der Waals surface area contributed by atoms with Crippen molar-refractivity contribution >= 4 is 47.1 Å². The topological polar surface area (TPSA) is 3.88 Å². The molecule has 3 aromatic carbocycles. The minimum atomic E-state index is -1.43. The third-order valence-corrected chi connectivity index (χ3v) is 9.01. The summed E-state index contributed by atoms with van der Waals surface area (Å²) in [7, 11) is 0.769. The van der Waals surface area contributed by atoms with Gasteiger partial charge < -0.3 is 0 Å². The standard InChI is InChI=1S/C26H25BNSi/c1-16-10-11-20-19-8-6-7-9-21(19)27-22-15-18(29(3,4)5)14-17-12-13-28(2)26(24(17)22)23(16)25(20)27/h6-15H,1-5H3/q+1. The number of fused-ring (bicyclic) bond motifs is 5. The fourth-order valence-corrected chi connectivity index (χ4v) is 6.72. The number of pyridine rings is 1.